The van der Waals surface area contributed by atoms with Crippen LogP contribution in [0, 0.1) is 0 Å². The van der Waals surface area contributed by atoms with Crippen molar-refractivity contribution in [3.63, 3.8) is 0 Å². The molecule has 2 rings (SSSR count). The van der Waals surface area contributed by atoms with Crippen molar-refractivity contribution in [1.82, 2.24) is 10.6 Å². The molecule has 0 aliphatic carbocycles. The van der Waals surface area contributed by atoms with E-state index in [1.165, 1.54) is 0 Å². The summed E-state index contributed by atoms with van der Waals surface area (Å²) in [5, 5.41) is 6.15. The van der Waals surface area contributed by atoms with Crippen LogP contribution in [0.4, 0.5) is 0 Å². The first-order chi connectivity index (χ1) is 12.5. The maximum absolute atomic E-state index is 12.6. The molecule has 2 N–H and O–H groups in total. The molecule has 0 fully saturated rings. The molecule has 0 radical (unpaired) electrons. The smallest absolute Gasteiger partial charge is 0.261 e. The number of nitrogens with one attached hydrogen (secondary N) is 2. The zero-order valence-electron chi connectivity index (χ0n) is 14.9. The number of unbranched alkanes of at least 4 members (excludes halogenated alkanes) is 1. The van der Waals surface area contributed by atoms with Gasteiger partial charge in [-0.15, -0.1) is 0 Å². The summed E-state index contributed by atoms with van der Waals surface area (Å²) in [7, 11) is 0. The largest absolute Gasteiger partial charge is 0.493 e. The van der Waals surface area contributed by atoms with Gasteiger partial charge in [0, 0.05) is 4.47 Å². The van der Waals surface area contributed by atoms with Gasteiger partial charge in [-0.05, 0) is 49.3 Å². The second kappa shape index (κ2) is 10.3. The predicted octanol–water partition coefficient (Wildman–Crippen LogP) is 4.99. The van der Waals surface area contributed by atoms with Gasteiger partial charge in [-0.1, -0.05) is 59.6 Å². The molecule has 0 aliphatic rings. The summed E-state index contributed by atoms with van der Waals surface area (Å²) >= 11 is 8.69. The van der Waals surface area contributed by atoms with Crippen LogP contribution in [0.1, 0.15) is 48.7 Å². The van der Waals surface area contributed by atoms with Crippen LogP contribution in [-0.2, 0) is 0 Å². The molecular formula is C20H23BrN2O2S. The van der Waals surface area contributed by atoms with E-state index in [9.17, 15) is 4.79 Å². The number of amides is 1. The lowest BCUT2D eigenvalue weighted by molar-refractivity contribution is 0.0972. The molecule has 0 heterocycles. The number of carbonyl (C=O) groups is 1. The molecule has 2 aromatic rings. The Labute approximate surface area is 168 Å². The van der Waals surface area contributed by atoms with Gasteiger partial charge in [0.1, 0.15) is 5.75 Å². The third kappa shape index (κ3) is 6.11. The Hall–Kier alpha value is -1.92. The van der Waals surface area contributed by atoms with Gasteiger partial charge in [0.15, 0.2) is 5.11 Å². The minimum absolute atomic E-state index is 0.00761. The highest BCUT2D eigenvalue weighted by atomic mass is 79.9. The first-order valence-electron chi connectivity index (χ1n) is 8.60. The number of halogens is 1. The Morgan fingerprint density at radius 1 is 1.23 bits per heavy atom. The number of ether oxygens (including phenoxy) is 1. The van der Waals surface area contributed by atoms with Crippen molar-refractivity contribution < 1.29 is 9.53 Å². The molecule has 6 heteroatoms. The molecule has 0 bridgehead atoms. The Morgan fingerprint density at radius 2 is 1.96 bits per heavy atom. The van der Waals surface area contributed by atoms with E-state index in [1.54, 1.807) is 12.1 Å². The van der Waals surface area contributed by atoms with Crippen molar-refractivity contribution in [3.8, 4) is 5.75 Å². The number of benzene rings is 2. The normalized spacial score (nSPS) is 11.5. The minimum Gasteiger partial charge on any atom is -0.493 e. The highest BCUT2D eigenvalue weighted by molar-refractivity contribution is 9.10. The summed E-state index contributed by atoms with van der Waals surface area (Å²) in [5.41, 5.74) is 1.54. The number of thiocarbonyl (C=S) groups is 1. The van der Waals surface area contributed by atoms with Crippen molar-refractivity contribution in [3.05, 3.63) is 64.1 Å². The Kier molecular flexibility index (Phi) is 8.06. The van der Waals surface area contributed by atoms with Crippen LogP contribution in [0.2, 0.25) is 0 Å². The van der Waals surface area contributed by atoms with Crippen molar-refractivity contribution in [2.24, 2.45) is 0 Å². The fraction of sp³-hybridized carbons (Fsp3) is 0.300. The molecule has 1 unspecified atom stereocenters. The van der Waals surface area contributed by atoms with Crippen LogP contribution in [0.15, 0.2) is 53.0 Å². The van der Waals surface area contributed by atoms with Gasteiger partial charge in [0.05, 0.1) is 18.2 Å². The quantitative estimate of drug-likeness (QED) is 0.475. The van der Waals surface area contributed by atoms with Crippen LogP contribution in [0.25, 0.3) is 0 Å². The lowest BCUT2D eigenvalue weighted by Crippen LogP contribution is -2.40. The summed E-state index contributed by atoms with van der Waals surface area (Å²) in [5.74, 6) is 0.258. The number of rotatable bonds is 7. The van der Waals surface area contributed by atoms with Crippen LogP contribution >= 0.6 is 28.1 Å². The van der Waals surface area contributed by atoms with E-state index in [4.69, 9.17) is 17.0 Å². The highest BCUT2D eigenvalue weighted by Gasteiger charge is 2.16. The Balaban J connectivity index is 2.02. The van der Waals surface area contributed by atoms with Crippen molar-refractivity contribution in [2.45, 2.75) is 32.7 Å². The SMILES string of the molecule is CCCCOc1ccc(Br)cc1C(=O)NC(=S)NC(C)c1ccccc1. The van der Waals surface area contributed by atoms with Gasteiger partial charge in [-0.25, -0.2) is 0 Å². The van der Waals surface area contributed by atoms with E-state index in [0.29, 0.717) is 17.9 Å². The number of carbonyl (C=O) groups excluding carboxylic acids is 1. The summed E-state index contributed by atoms with van der Waals surface area (Å²) in [4.78, 5) is 12.6. The predicted molar refractivity (Wildman–Crippen MR) is 113 cm³/mol. The molecule has 0 saturated carbocycles. The van der Waals surface area contributed by atoms with Crippen LogP contribution in [0.3, 0.4) is 0 Å². The molecule has 4 nitrogen and oxygen atoms in total. The van der Waals surface area contributed by atoms with Crippen LogP contribution in [0.5, 0.6) is 5.75 Å². The standard InChI is InChI=1S/C20H23BrN2O2S/c1-3-4-12-25-18-11-10-16(21)13-17(18)19(24)23-20(26)22-14(2)15-8-6-5-7-9-15/h5-11,13-14H,3-4,12H2,1-2H3,(H2,22,23,24,26). The highest BCUT2D eigenvalue weighted by Crippen LogP contribution is 2.23. The maximum Gasteiger partial charge on any atom is 0.261 e. The van der Waals surface area contributed by atoms with E-state index in [2.05, 4.69) is 33.5 Å². The second-order valence-corrected chi connectivity index (χ2v) is 7.23. The van der Waals surface area contributed by atoms with E-state index >= 15 is 0 Å². The average Bonchev–Trinajstić information content (AvgIpc) is 2.63. The molecule has 2 aromatic carbocycles. The summed E-state index contributed by atoms with van der Waals surface area (Å²) < 4.78 is 6.55. The summed E-state index contributed by atoms with van der Waals surface area (Å²) in [6.45, 7) is 4.66. The molecular weight excluding hydrogens is 412 g/mol. The third-order valence-corrected chi connectivity index (χ3v) is 4.53. The van der Waals surface area contributed by atoms with Crippen molar-refractivity contribution >= 4 is 39.2 Å². The summed E-state index contributed by atoms with van der Waals surface area (Å²) in [6.07, 6.45) is 1.97. The van der Waals surface area contributed by atoms with E-state index in [1.807, 2.05) is 43.3 Å². The molecule has 0 aliphatic heterocycles. The number of hydrogen-bond donors (Lipinski definition) is 2. The minimum atomic E-state index is -0.296. The molecule has 0 saturated heterocycles. The van der Waals surface area contributed by atoms with E-state index in [0.717, 1.165) is 22.9 Å². The van der Waals surface area contributed by atoms with Gasteiger partial charge in [-0.3, -0.25) is 10.1 Å². The topological polar surface area (TPSA) is 50.4 Å². The van der Waals surface area contributed by atoms with Gasteiger partial charge < -0.3 is 10.1 Å². The number of hydrogen-bond acceptors (Lipinski definition) is 3. The fourth-order valence-corrected chi connectivity index (χ4v) is 2.99. The van der Waals surface area contributed by atoms with Crippen LogP contribution in [-0.4, -0.2) is 17.6 Å². The Bertz CT molecular complexity index is 753. The van der Waals surface area contributed by atoms with E-state index in [-0.39, 0.29) is 17.1 Å². The molecule has 0 spiro atoms. The monoisotopic (exact) mass is 434 g/mol. The van der Waals surface area contributed by atoms with Gasteiger partial charge in [-0.2, -0.15) is 0 Å². The first-order valence-corrected chi connectivity index (χ1v) is 9.80. The van der Waals surface area contributed by atoms with Gasteiger partial charge >= 0.3 is 0 Å². The lowest BCUT2D eigenvalue weighted by atomic mass is 10.1. The van der Waals surface area contributed by atoms with Crippen molar-refractivity contribution in [2.75, 3.05) is 6.61 Å². The maximum atomic E-state index is 12.6. The molecule has 0 aromatic heterocycles. The summed E-state index contributed by atoms with van der Waals surface area (Å²) in [6, 6.07) is 15.3. The average molecular weight is 435 g/mol. The molecule has 138 valence electrons. The fourth-order valence-electron chi connectivity index (χ4n) is 2.36. The van der Waals surface area contributed by atoms with E-state index < -0.39 is 0 Å². The first kappa shape index (κ1) is 20.4. The zero-order chi connectivity index (χ0) is 18.9. The lowest BCUT2D eigenvalue weighted by Gasteiger charge is -2.17. The molecule has 1 amide bonds. The molecule has 1 atom stereocenters. The van der Waals surface area contributed by atoms with Gasteiger partial charge in [0.25, 0.3) is 5.91 Å². The van der Waals surface area contributed by atoms with Gasteiger partial charge in [0.2, 0.25) is 0 Å². The zero-order valence-corrected chi connectivity index (χ0v) is 17.3. The second-order valence-electron chi connectivity index (χ2n) is 5.90. The molecule has 26 heavy (non-hydrogen) atoms. The van der Waals surface area contributed by atoms with Crippen molar-refractivity contribution in [1.29, 1.82) is 0 Å². The van der Waals surface area contributed by atoms with Crippen LogP contribution < -0.4 is 15.4 Å². The Morgan fingerprint density at radius 3 is 2.65 bits per heavy atom. The third-order valence-electron chi connectivity index (χ3n) is 3.82.